The van der Waals surface area contributed by atoms with Crippen LogP contribution in [0.1, 0.15) is 0 Å². The first-order valence-electron chi connectivity index (χ1n) is 8.02. The summed E-state index contributed by atoms with van der Waals surface area (Å²) in [7, 11) is 0. The van der Waals surface area contributed by atoms with Crippen molar-refractivity contribution in [1.82, 2.24) is 25.2 Å². The van der Waals surface area contributed by atoms with Crippen molar-refractivity contribution < 1.29 is 4.79 Å². The third-order valence-electron chi connectivity index (χ3n) is 3.75. The van der Waals surface area contributed by atoms with Gasteiger partial charge in [0.25, 0.3) is 0 Å². The largest absolute Gasteiger partial charge is 0.300 e. The Labute approximate surface area is 167 Å². The minimum atomic E-state index is -0.241. The summed E-state index contributed by atoms with van der Waals surface area (Å²) in [6.07, 6.45) is 0. The van der Waals surface area contributed by atoms with Gasteiger partial charge in [0.1, 0.15) is 6.54 Å². The maximum atomic E-state index is 12.4. The molecule has 0 atom stereocenters. The molecule has 9 heteroatoms. The fraction of sp³-hybridized carbons (Fsp3) is 0.0556. The van der Waals surface area contributed by atoms with Crippen LogP contribution >= 0.6 is 27.3 Å². The van der Waals surface area contributed by atoms with Crippen molar-refractivity contribution in [2.24, 2.45) is 0 Å². The number of tetrazole rings is 1. The number of thiazole rings is 1. The second kappa shape index (κ2) is 7.77. The van der Waals surface area contributed by atoms with Crippen LogP contribution in [0.2, 0.25) is 0 Å². The second-order valence-electron chi connectivity index (χ2n) is 5.62. The fourth-order valence-electron chi connectivity index (χ4n) is 2.48. The molecule has 1 N–H and O–H groups in total. The van der Waals surface area contributed by atoms with Crippen LogP contribution in [0.4, 0.5) is 5.13 Å². The molecule has 2 aromatic heterocycles. The van der Waals surface area contributed by atoms with Gasteiger partial charge >= 0.3 is 0 Å². The van der Waals surface area contributed by atoms with Gasteiger partial charge in [-0.15, -0.1) is 16.4 Å². The number of carbonyl (C=O) groups excluding carboxylic acids is 1. The number of rotatable bonds is 5. The van der Waals surface area contributed by atoms with Gasteiger partial charge in [-0.1, -0.05) is 58.4 Å². The number of anilines is 1. The average molecular weight is 441 g/mol. The first-order valence-corrected chi connectivity index (χ1v) is 9.69. The van der Waals surface area contributed by atoms with E-state index in [-0.39, 0.29) is 12.5 Å². The quantitative estimate of drug-likeness (QED) is 0.508. The van der Waals surface area contributed by atoms with E-state index in [1.54, 1.807) is 0 Å². The molecule has 0 fully saturated rings. The number of nitrogens with zero attached hydrogens (tertiary/aromatic N) is 5. The van der Waals surface area contributed by atoms with E-state index < -0.39 is 0 Å². The van der Waals surface area contributed by atoms with Gasteiger partial charge in [0.2, 0.25) is 5.91 Å². The summed E-state index contributed by atoms with van der Waals surface area (Å²) in [5, 5.41) is 16.9. The molecule has 4 aromatic rings. The van der Waals surface area contributed by atoms with Crippen LogP contribution in [0.3, 0.4) is 0 Å². The van der Waals surface area contributed by atoms with Crippen LogP contribution in [0.15, 0.2) is 64.5 Å². The minimum Gasteiger partial charge on any atom is -0.300 e. The second-order valence-corrected chi connectivity index (χ2v) is 7.39. The molecular weight excluding hydrogens is 428 g/mol. The van der Waals surface area contributed by atoms with Gasteiger partial charge in [-0.3, -0.25) is 4.79 Å². The number of amides is 1. The molecule has 7 nitrogen and oxygen atoms in total. The van der Waals surface area contributed by atoms with Gasteiger partial charge in [0, 0.05) is 21.0 Å². The molecule has 0 aliphatic carbocycles. The molecule has 0 spiro atoms. The smallest absolute Gasteiger partial charge is 0.248 e. The molecule has 0 saturated carbocycles. The molecule has 2 aromatic carbocycles. The maximum absolute atomic E-state index is 12.4. The Morgan fingerprint density at radius 2 is 1.85 bits per heavy atom. The summed E-state index contributed by atoms with van der Waals surface area (Å²) in [5.41, 5.74) is 2.66. The van der Waals surface area contributed by atoms with E-state index in [4.69, 9.17) is 0 Å². The lowest BCUT2D eigenvalue weighted by Crippen LogP contribution is -2.20. The number of nitrogens with one attached hydrogen (secondary N) is 1. The summed E-state index contributed by atoms with van der Waals surface area (Å²) in [4.78, 5) is 16.9. The summed E-state index contributed by atoms with van der Waals surface area (Å²) in [6.45, 7) is -0.00134. The monoisotopic (exact) mass is 440 g/mol. The molecule has 2 heterocycles. The van der Waals surface area contributed by atoms with Crippen molar-refractivity contribution in [3.8, 4) is 22.6 Å². The Balaban J connectivity index is 1.46. The van der Waals surface area contributed by atoms with Gasteiger partial charge in [0.05, 0.1) is 5.69 Å². The normalized spacial score (nSPS) is 10.7. The fourth-order valence-corrected chi connectivity index (χ4v) is 3.48. The van der Waals surface area contributed by atoms with E-state index in [1.807, 2.05) is 60.0 Å². The number of benzene rings is 2. The van der Waals surface area contributed by atoms with E-state index in [9.17, 15) is 4.79 Å². The standard InChI is InChI=1S/C18H13BrN6OS/c19-14-8-6-13(7-9-14)17-22-23-24-25(17)10-16(26)21-18-20-15(11-27-18)12-4-2-1-3-5-12/h1-9,11H,10H2,(H,20,21,26). The highest BCUT2D eigenvalue weighted by atomic mass is 79.9. The van der Waals surface area contributed by atoms with Crippen LogP contribution in [0.25, 0.3) is 22.6 Å². The van der Waals surface area contributed by atoms with Gasteiger partial charge in [0.15, 0.2) is 11.0 Å². The first kappa shape index (κ1) is 17.5. The Morgan fingerprint density at radius 3 is 2.63 bits per heavy atom. The molecule has 134 valence electrons. The van der Waals surface area contributed by atoms with Crippen LogP contribution in [-0.2, 0) is 11.3 Å². The molecular formula is C18H13BrN6OS. The number of hydrogen-bond donors (Lipinski definition) is 1. The van der Waals surface area contributed by atoms with Crippen molar-refractivity contribution in [2.75, 3.05) is 5.32 Å². The molecule has 1 amide bonds. The van der Waals surface area contributed by atoms with Crippen molar-refractivity contribution in [1.29, 1.82) is 0 Å². The molecule has 0 aliphatic rings. The molecule has 0 saturated heterocycles. The molecule has 4 rings (SSSR count). The zero-order valence-corrected chi connectivity index (χ0v) is 16.3. The molecule has 0 unspecified atom stereocenters. The zero-order chi connectivity index (χ0) is 18.6. The van der Waals surface area contributed by atoms with Crippen LogP contribution in [0, 0.1) is 0 Å². The van der Waals surface area contributed by atoms with Gasteiger partial charge in [-0.2, -0.15) is 0 Å². The number of halogens is 1. The van der Waals surface area contributed by atoms with E-state index in [0.29, 0.717) is 11.0 Å². The lowest BCUT2D eigenvalue weighted by molar-refractivity contribution is -0.116. The van der Waals surface area contributed by atoms with Crippen molar-refractivity contribution >= 4 is 38.3 Å². The summed E-state index contributed by atoms with van der Waals surface area (Å²) >= 11 is 4.77. The summed E-state index contributed by atoms with van der Waals surface area (Å²) < 4.78 is 2.42. The highest BCUT2D eigenvalue weighted by Crippen LogP contribution is 2.24. The Hall–Kier alpha value is -2.91. The summed E-state index contributed by atoms with van der Waals surface area (Å²) in [5.74, 6) is 0.288. The maximum Gasteiger partial charge on any atom is 0.248 e. The summed E-state index contributed by atoms with van der Waals surface area (Å²) in [6, 6.07) is 17.4. The first-order chi connectivity index (χ1) is 13.2. The number of hydrogen-bond acceptors (Lipinski definition) is 6. The van der Waals surface area contributed by atoms with Crippen molar-refractivity contribution in [3.05, 3.63) is 64.5 Å². The molecule has 0 radical (unpaired) electrons. The van der Waals surface area contributed by atoms with E-state index in [0.717, 1.165) is 21.3 Å². The Kier molecular flexibility index (Phi) is 5.03. The van der Waals surface area contributed by atoms with Crippen LogP contribution in [-0.4, -0.2) is 31.1 Å². The molecule has 0 bridgehead atoms. The van der Waals surface area contributed by atoms with E-state index in [1.165, 1.54) is 16.0 Å². The van der Waals surface area contributed by atoms with E-state index in [2.05, 4.69) is 41.8 Å². The third-order valence-corrected chi connectivity index (χ3v) is 5.03. The van der Waals surface area contributed by atoms with Crippen LogP contribution in [0.5, 0.6) is 0 Å². The van der Waals surface area contributed by atoms with Gasteiger partial charge < -0.3 is 5.32 Å². The predicted molar refractivity (Wildman–Crippen MR) is 107 cm³/mol. The van der Waals surface area contributed by atoms with Gasteiger partial charge in [-0.05, 0) is 22.6 Å². The van der Waals surface area contributed by atoms with Crippen molar-refractivity contribution in [3.63, 3.8) is 0 Å². The van der Waals surface area contributed by atoms with Gasteiger partial charge in [-0.25, -0.2) is 9.67 Å². The average Bonchev–Trinajstić information content (AvgIpc) is 3.33. The molecule has 0 aliphatic heterocycles. The zero-order valence-electron chi connectivity index (χ0n) is 13.9. The highest BCUT2D eigenvalue weighted by Gasteiger charge is 2.14. The Morgan fingerprint density at radius 1 is 1.07 bits per heavy atom. The van der Waals surface area contributed by atoms with Crippen molar-refractivity contribution in [2.45, 2.75) is 6.54 Å². The predicted octanol–water partition coefficient (Wildman–Crippen LogP) is 3.86. The third kappa shape index (κ3) is 4.09. The number of aromatic nitrogens is 5. The van der Waals surface area contributed by atoms with E-state index >= 15 is 0 Å². The lowest BCUT2D eigenvalue weighted by Gasteiger charge is -2.05. The lowest BCUT2D eigenvalue weighted by atomic mass is 10.2. The highest BCUT2D eigenvalue weighted by molar-refractivity contribution is 9.10. The van der Waals surface area contributed by atoms with Crippen LogP contribution < -0.4 is 5.32 Å². The minimum absolute atomic E-state index is 0.00134. The molecule has 27 heavy (non-hydrogen) atoms. The topological polar surface area (TPSA) is 85.6 Å². The SMILES string of the molecule is O=C(Cn1nnnc1-c1ccc(Br)cc1)Nc1nc(-c2ccccc2)cs1. The Bertz CT molecular complexity index is 1060. The number of carbonyl (C=O) groups is 1.